The van der Waals surface area contributed by atoms with E-state index in [-0.39, 0.29) is 11.5 Å². The summed E-state index contributed by atoms with van der Waals surface area (Å²) in [5.41, 5.74) is 4.88. The van der Waals surface area contributed by atoms with Crippen molar-refractivity contribution in [3.8, 4) is 0 Å². The molecule has 0 aliphatic rings. The number of aromatic nitrogens is 2. The number of aromatic carboxylic acids is 1. The van der Waals surface area contributed by atoms with Gasteiger partial charge in [-0.25, -0.2) is 4.98 Å². The molecule has 0 amide bonds. The van der Waals surface area contributed by atoms with Gasteiger partial charge in [0.05, 0.1) is 18.4 Å². The molecule has 0 spiro atoms. The van der Waals surface area contributed by atoms with Gasteiger partial charge in [-0.2, -0.15) is 0 Å². The van der Waals surface area contributed by atoms with Gasteiger partial charge in [0.25, 0.3) is 0 Å². The molecule has 0 aromatic carbocycles. The van der Waals surface area contributed by atoms with Gasteiger partial charge in [-0.1, -0.05) is 0 Å². The van der Waals surface area contributed by atoms with Gasteiger partial charge in [-0.05, 0) is 0 Å². The van der Waals surface area contributed by atoms with Crippen molar-refractivity contribution in [2.75, 3.05) is 5.73 Å². The Hall–Kier alpha value is -1.65. The van der Waals surface area contributed by atoms with Crippen LogP contribution in [-0.4, -0.2) is 15.9 Å². The van der Waals surface area contributed by atoms with Crippen LogP contribution >= 0.6 is 0 Å². The number of rotatable bonds is 1. The van der Waals surface area contributed by atoms with Gasteiger partial charge in [-0.3, -0.25) is 4.98 Å². The first-order valence-corrected chi connectivity index (χ1v) is 2.49. The summed E-state index contributed by atoms with van der Waals surface area (Å²) in [5.74, 6) is -1.30. The standard InChI is InChI=1S/C5H5N3O2/c6-4-2-7-1-3(8-4)5(9)10/h1-2H,(H2,6,8)(H,9,10)/p-1. The van der Waals surface area contributed by atoms with Crippen LogP contribution in [0.1, 0.15) is 10.5 Å². The summed E-state index contributed by atoms with van der Waals surface area (Å²) >= 11 is 0. The molecule has 0 radical (unpaired) electrons. The second-order valence-electron chi connectivity index (χ2n) is 1.62. The van der Waals surface area contributed by atoms with Gasteiger partial charge in [0.2, 0.25) is 0 Å². The van der Waals surface area contributed by atoms with Crippen LogP contribution in [0.15, 0.2) is 12.4 Å². The van der Waals surface area contributed by atoms with Crippen molar-refractivity contribution in [1.29, 1.82) is 0 Å². The molecule has 0 unspecified atom stereocenters. The summed E-state index contributed by atoms with van der Waals surface area (Å²) < 4.78 is 0. The number of carboxylic acid groups (broad SMARTS) is 1. The molecule has 2 N–H and O–H groups in total. The van der Waals surface area contributed by atoms with Gasteiger partial charge >= 0.3 is 0 Å². The highest BCUT2D eigenvalue weighted by Gasteiger charge is 1.93. The van der Waals surface area contributed by atoms with E-state index in [1.54, 1.807) is 0 Å². The van der Waals surface area contributed by atoms with Crippen LogP contribution < -0.4 is 10.8 Å². The van der Waals surface area contributed by atoms with Crippen LogP contribution in [0.4, 0.5) is 5.82 Å². The Labute approximate surface area is 56.5 Å². The van der Waals surface area contributed by atoms with Crippen LogP contribution in [0.3, 0.4) is 0 Å². The van der Waals surface area contributed by atoms with E-state index >= 15 is 0 Å². The van der Waals surface area contributed by atoms with Crippen LogP contribution in [0.5, 0.6) is 0 Å². The van der Waals surface area contributed by atoms with Crippen LogP contribution in [-0.2, 0) is 0 Å². The van der Waals surface area contributed by atoms with Gasteiger partial charge in [0.1, 0.15) is 11.5 Å². The van der Waals surface area contributed by atoms with E-state index in [4.69, 9.17) is 5.73 Å². The SMILES string of the molecule is Nc1cncc(C(=O)[O-])n1. The number of anilines is 1. The highest BCUT2D eigenvalue weighted by molar-refractivity contribution is 5.83. The number of nitrogen functional groups attached to an aromatic ring is 1. The smallest absolute Gasteiger partial charge is 0.142 e. The van der Waals surface area contributed by atoms with Crippen molar-refractivity contribution in [1.82, 2.24) is 9.97 Å². The maximum atomic E-state index is 10.1. The first-order valence-electron chi connectivity index (χ1n) is 2.49. The third-order valence-electron chi connectivity index (χ3n) is 0.862. The molecule has 52 valence electrons. The minimum Gasteiger partial charge on any atom is -0.543 e. The zero-order chi connectivity index (χ0) is 7.56. The number of nitrogens with zero attached hydrogens (tertiary/aromatic N) is 2. The minimum absolute atomic E-state index is 0.0710. The van der Waals surface area contributed by atoms with Crippen molar-refractivity contribution >= 4 is 11.8 Å². The van der Waals surface area contributed by atoms with Gasteiger partial charge in [0.15, 0.2) is 0 Å². The molecule has 1 heterocycles. The van der Waals surface area contributed by atoms with E-state index in [9.17, 15) is 9.90 Å². The van der Waals surface area contributed by atoms with Crippen molar-refractivity contribution in [3.05, 3.63) is 18.1 Å². The molecule has 0 aliphatic carbocycles. The topological polar surface area (TPSA) is 91.9 Å². The average Bonchev–Trinajstić information content (AvgIpc) is 1.88. The molecular weight excluding hydrogens is 134 g/mol. The molecule has 1 rings (SSSR count). The summed E-state index contributed by atoms with van der Waals surface area (Å²) in [7, 11) is 0. The lowest BCUT2D eigenvalue weighted by Gasteiger charge is -1.98. The lowest BCUT2D eigenvalue weighted by molar-refractivity contribution is -0.255. The molecule has 5 nitrogen and oxygen atoms in total. The quantitative estimate of drug-likeness (QED) is 0.505. The Morgan fingerprint density at radius 2 is 2.30 bits per heavy atom. The number of carbonyl (C=O) groups excluding carboxylic acids is 1. The molecule has 10 heavy (non-hydrogen) atoms. The number of hydrogen-bond acceptors (Lipinski definition) is 5. The normalized spacial score (nSPS) is 9.20. The Balaban J connectivity index is 3.07. The van der Waals surface area contributed by atoms with E-state index in [1.807, 2.05) is 0 Å². The summed E-state index contributed by atoms with van der Waals surface area (Å²) in [6.07, 6.45) is 2.33. The van der Waals surface area contributed by atoms with Gasteiger partial charge < -0.3 is 15.6 Å². The predicted octanol–water partition coefficient (Wildman–Crippen LogP) is -1.58. The fourth-order valence-corrected chi connectivity index (χ4v) is 0.479. The Bertz CT molecular complexity index is 261. The Kier molecular flexibility index (Phi) is 1.49. The number of carboxylic acids is 1. The molecule has 0 fully saturated rings. The van der Waals surface area contributed by atoms with Crippen LogP contribution in [0, 0.1) is 0 Å². The van der Waals surface area contributed by atoms with Crippen molar-refractivity contribution < 1.29 is 9.90 Å². The zero-order valence-electron chi connectivity index (χ0n) is 4.94. The Morgan fingerprint density at radius 1 is 1.60 bits per heavy atom. The predicted molar refractivity (Wildman–Crippen MR) is 30.8 cm³/mol. The molecule has 5 heteroatoms. The summed E-state index contributed by atoms with van der Waals surface area (Å²) in [4.78, 5) is 17.0. The zero-order valence-corrected chi connectivity index (χ0v) is 4.94. The van der Waals surface area contributed by atoms with E-state index in [2.05, 4.69) is 9.97 Å². The van der Waals surface area contributed by atoms with Gasteiger partial charge in [0, 0.05) is 0 Å². The second-order valence-corrected chi connectivity index (χ2v) is 1.62. The maximum Gasteiger partial charge on any atom is 0.142 e. The first kappa shape index (κ1) is 6.47. The molecule has 1 aromatic rings. The highest BCUT2D eigenvalue weighted by Crippen LogP contribution is 1.94. The molecule has 0 aliphatic heterocycles. The van der Waals surface area contributed by atoms with E-state index < -0.39 is 5.97 Å². The van der Waals surface area contributed by atoms with Crippen LogP contribution in [0.2, 0.25) is 0 Å². The first-order chi connectivity index (χ1) is 4.70. The number of hydrogen-bond donors (Lipinski definition) is 1. The van der Waals surface area contributed by atoms with Crippen molar-refractivity contribution in [2.45, 2.75) is 0 Å². The molecule has 0 bridgehead atoms. The van der Waals surface area contributed by atoms with E-state index in [1.165, 1.54) is 6.20 Å². The molecule has 0 saturated carbocycles. The minimum atomic E-state index is -1.38. The molecule has 0 atom stereocenters. The average molecular weight is 138 g/mol. The fraction of sp³-hybridized carbons (Fsp3) is 0. The maximum absolute atomic E-state index is 10.1. The molecule has 1 aromatic heterocycles. The lowest BCUT2D eigenvalue weighted by atomic mass is 10.4. The van der Waals surface area contributed by atoms with E-state index in [0.29, 0.717) is 0 Å². The Morgan fingerprint density at radius 3 is 2.70 bits per heavy atom. The largest absolute Gasteiger partial charge is 0.543 e. The summed E-state index contributed by atoms with van der Waals surface area (Å²) in [5, 5.41) is 10.1. The van der Waals surface area contributed by atoms with Crippen molar-refractivity contribution in [2.24, 2.45) is 0 Å². The third-order valence-corrected chi connectivity index (χ3v) is 0.862. The summed E-state index contributed by atoms with van der Waals surface area (Å²) in [6, 6.07) is 0. The number of carbonyl (C=O) groups is 1. The van der Waals surface area contributed by atoms with E-state index in [0.717, 1.165) is 6.20 Å². The monoisotopic (exact) mass is 138 g/mol. The lowest BCUT2D eigenvalue weighted by Crippen LogP contribution is -2.24. The highest BCUT2D eigenvalue weighted by atomic mass is 16.4. The van der Waals surface area contributed by atoms with Crippen LogP contribution in [0.25, 0.3) is 0 Å². The fourth-order valence-electron chi connectivity index (χ4n) is 0.479. The molecular formula is C5H4N3O2-. The number of nitrogens with two attached hydrogens (primary N) is 1. The second kappa shape index (κ2) is 2.30. The third kappa shape index (κ3) is 1.19. The van der Waals surface area contributed by atoms with Crippen molar-refractivity contribution in [3.63, 3.8) is 0 Å². The molecule has 0 saturated heterocycles. The van der Waals surface area contributed by atoms with Gasteiger partial charge in [-0.15, -0.1) is 0 Å². The summed E-state index contributed by atoms with van der Waals surface area (Å²) in [6.45, 7) is 0.